The predicted octanol–water partition coefficient (Wildman–Crippen LogP) is 3.71. The van der Waals surface area contributed by atoms with E-state index >= 15 is 0 Å². The monoisotopic (exact) mass is 298 g/mol. The summed E-state index contributed by atoms with van der Waals surface area (Å²) in [5.41, 5.74) is 1.51. The molecule has 0 unspecified atom stereocenters. The summed E-state index contributed by atoms with van der Waals surface area (Å²) in [6.07, 6.45) is 5.34. The van der Waals surface area contributed by atoms with Crippen LogP contribution in [0.3, 0.4) is 0 Å². The molecule has 0 bridgehead atoms. The van der Waals surface area contributed by atoms with Gasteiger partial charge in [-0.05, 0) is 36.6 Å². The fourth-order valence-electron chi connectivity index (χ4n) is 3.47. The standard InChI is InChI=1S/C15H20Cl2N2/c16-13-3-4-14(17)12(9-13)10-19-8-7-18-15(11-19)5-1-2-6-15/h3-4,9,18H,1-2,5-8,10-11H2. The van der Waals surface area contributed by atoms with E-state index in [4.69, 9.17) is 23.2 Å². The molecule has 2 nitrogen and oxygen atoms in total. The lowest BCUT2D eigenvalue weighted by atomic mass is 9.94. The lowest BCUT2D eigenvalue weighted by molar-refractivity contribution is 0.129. The van der Waals surface area contributed by atoms with Crippen molar-refractivity contribution in [2.75, 3.05) is 19.6 Å². The number of nitrogens with zero attached hydrogens (tertiary/aromatic N) is 1. The second-order valence-electron chi connectivity index (χ2n) is 5.86. The smallest absolute Gasteiger partial charge is 0.0452 e. The van der Waals surface area contributed by atoms with E-state index in [0.29, 0.717) is 5.54 Å². The Kier molecular flexibility index (Phi) is 4.04. The largest absolute Gasteiger partial charge is 0.309 e. The van der Waals surface area contributed by atoms with Gasteiger partial charge in [0.1, 0.15) is 0 Å². The van der Waals surface area contributed by atoms with Gasteiger partial charge in [-0.15, -0.1) is 0 Å². The van der Waals surface area contributed by atoms with Gasteiger partial charge in [0.25, 0.3) is 0 Å². The van der Waals surface area contributed by atoms with E-state index < -0.39 is 0 Å². The van der Waals surface area contributed by atoms with Crippen molar-refractivity contribution in [1.29, 1.82) is 0 Å². The van der Waals surface area contributed by atoms with Crippen molar-refractivity contribution in [3.05, 3.63) is 33.8 Å². The Morgan fingerprint density at radius 1 is 1.21 bits per heavy atom. The fraction of sp³-hybridized carbons (Fsp3) is 0.600. The van der Waals surface area contributed by atoms with Gasteiger partial charge >= 0.3 is 0 Å². The molecule has 19 heavy (non-hydrogen) atoms. The molecule has 0 amide bonds. The zero-order valence-electron chi connectivity index (χ0n) is 11.1. The number of halogens is 2. The van der Waals surface area contributed by atoms with Crippen LogP contribution in [-0.4, -0.2) is 30.1 Å². The van der Waals surface area contributed by atoms with E-state index in [9.17, 15) is 0 Å². The second kappa shape index (κ2) is 5.61. The van der Waals surface area contributed by atoms with Gasteiger partial charge in [0.05, 0.1) is 0 Å². The third-order valence-electron chi connectivity index (χ3n) is 4.42. The minimum atomic E-state index is 0.364. The second-order valence-corrected chi connectivity index (χ2v) is 6.70. The first kappa shape index (κ1) is 13.7. The molecule has 0 atom stereocenters. The molecule has 1 spiro atoms. The Balaban J connectivity index is 1.70. The Hall–Kier alpha value is -0.280. The Morgan fingerprint density at radius 2 is 2.00 bits per heavy atom. The maximum absolute atomic E-state index is 6.27. The molecule has 2 fully saturated rings. The first-order valence-electron chi connectivity index (χ1n) is 7.08. The molecule has 1 saturated carbocycles. The third-order valence-corrected chi connectivity index (χ3v) is 5.02. The zero-order valence-corrected chi connectivity index (χ0v) is 12.6. The molecule has 1 saturated heterocycles. The Labute approximate surface area is 125 Å². The quantitative estimate of drug-likeness (QED) is 0.895. The van der Waals surface area contributed by atoms with Gasteiger partial charge in [-0.2, -0.15) is 0 Å². The van der Waals surface area contributed by atoms with Gasteiger partial charge in [-0.3, -0.25) is 4.90 Å². The lowest BCUT2D eigenvalue weighted by Gasteiger charge is -2.41. The molecule has 1 N–H and O–H groups in total. The van der Waals surface area contributed by atoms with Gasteiger partial charge in [0.2, 0.25) is 0 Å². The summed E-state index contributed by atoms with van der Waals surface area (Å²) in [6.45, 7) is 4.21. The summed E-state index contributed by atoms with van der Waals surface area (Å²) < 4.78 is 0. The fourth-order valence-corrected chi connectivity index (χ4v) is 3.84. The number of hydrogen-bond donors (Lipinski definition) is 1. The van der Waals surface area contributed by atoms with Crippen LogP contribution < -0.4 is 5.32 Å². The highest BCUT2D eigenvalue weighted by atomic mass is 35.5. The first-order valence-corrected chi connectivity index (χ1v) is 7.84. The molecule has 1 heterocycles. The average Bonchev–Trinajstić information content (AvgIpc) is 2.82. The van der Waals surface area contributed by atoms with Crippen molar-refractivity contribution in [3.8, 4) is 0 Å². The zero-order chi connectivity index (χ0) is 13.3. The summed E-state index contributed by atoms with van der Waals surface area (Å²) in [5.74, 6) is 0. The van der Waals surface area contributed by atoms with Crippen molar-refractivity contribution in [2.24, 2.45) is 0 Å². The van der Waals surface area contributed by atoms with Gasteiger partial charge < -0.3 is 5.32 Å². The van der Waals surface area contributed by atoms with Crippen LogP contribution in [0.15, 0.2) is 18.2 Å². The molecular weight excluding hydrogens is 279 g/mol. The molecule has 1 aliphatic heterocycles. The minimum Gasteiger partial charge on any atom is -0.309 e. The summed E-state index contributed by atoms with van der Waals surface area (Å²) in [7, 11) is 0. The van der Waals surface area contributed by atoms with Gasteiger partial charge in [0.15, 0.2) is 0 Å². The Morgan fingerprint density at radius 3 is 2.79 bits per heavy atom. The van der Waals surface area contributed by atoms with E-state index in [2.05, 4.69) is 10.2 Å². The molecule has 0 radical (unpaired) electrons. The van der Waals surface area contributed by atoms with Gasteiger partial charge in [-0.1, -0.05) is 36.0 Å². The summed E-state index contributed by atoms with van der Waals surface area (Å²) in [4.78, 5) is 2.51. The van der Waals surface area contributed by atoms with Crippen LogP contribution in [0.2, 0.25) is 10.0 Å². The van der Waals surface area contributed by atoms with E-state index in [-0.39, 0.29) is 0 Å². The summed E-state index contributed by atoms with van der Waals surface area (Å²) in [5, 5.41) is 5.33. The van der Waals surface area contributed by atoms with Crippen molar-refractivity contribution >= 4 is 23.2 Å². The van der Waals surface area contributed by atoms with E-state index in [1.807, 2.05) is 18.2 Å². The maximum atomic E-state index is 6.27. The molecule has 1 aromatic rings. The average molecular weight is 299 g/mol. The van der Waals surface area contributed by atoms with Gasteiger partial charge in [0, 0.05) is 41.8 Å². The summed E-state index contributed by atoms with van der Waals surface area (Å²) in [6, 6.07) is 5.74. The molecular formula is C15H20Cl2N2. The molecule has 1 aliphatic carbocycles. The predicted molar refractivity (Wildman–Crippen MR) is 80.9 cm³/mol. The molecule has 1 aromatic carbocycles. The van der Waals surface area contributed by atoms with Crippen LogP contribution in [0.25, 0.3) is 0 Å². The van der Waals surface area contributed by atoms with Crippen LogP contribution in [0, 0.1) is 0 Å². The first-order chi connectivity index (χ1) is 9.17. The molecule has 2 aliphatic rings. The van der Waals surface area contributed by atoms with Gasteiger partial charge in [-0.25, -0.2) is 0 Å². The molecule has 0 aromatic heterocycles. The number of nitrogens with one attached hydrogen (secondary N) is 1. The SMILES string of the molecule is Clc1ccc(Cl)c(CN2CCNC3(CCCC3)C2)c1. The normalized spacial score (nSPS) is 23.1. The minimum absolute atomic E-state index is 0.364. The van der Waals surface area contributed by atoms with E-state index in [1.54, 1.807) is 0 Å². The number of hydrogen-bond acceptors (Lipinski definition) is 2. The lowest BCUT2D eigenvalue weighted by Crippen LogP contribution is -2.58. The van der Waals surface area contributed by atoms with E-state index in [0.717, 1.165) is 41.8 Å². The maximum Gasteiger partial charge on any atom is 0.0452 e. The topological polar surface area (TPSA) is 15.3 Å². The van der Waals surface area contributed by atoms with Crippen molar-refractivity contribution < 1.29 is 0 Å². The van der Waals surface area contributed by atoms with Crippen LogP contribution in [0.1, 0.15) is 31.2 Å². The molecule has 4 heteroatoms. The van der Waals surface area contributed by atoms with Crippen molar-refractivity contribution in [2.45, 2.75) is 37.8 Å². The number of rotatable bonds is 2. The number of benzene rings is 1. The van der Waals surface area contributed by atoms with Crippen molar-refractivity contribution in [3.63, 3.8) is 0 Å². The van der Waals surface area contributed by atoms with E-state index in [1.165, 1.54) is 25.7 Å². The van der Waals surface area contributed by atoms with Crippen molar-refractivity contribution in [1.82, 2.24) is 10.2 Å². The highest BCUT2D eigenvalue weighted by Gasteiger charge is 2.37. The van der Waals surface area contributed by atoms with Crippen LogP contribution in [-0.2, 0) is 6.54 Å². The number of piperazine rings is 1. The Bertz CT molecular complexity index is 455. The van der Waals surface area contributed by atoms with Crippen LogP contribution >= 0.6 is 23.2 Å². The highest BCUT2D eigenvalue weighted by molar-refractivity contribution is 6.33. The molecule has 3 rings (SSSR count). The van der Waals surface area contributed by atoms with Crippen LogP contribution in [0.4, 0.5) is 0 Å². The van der Waals surface area contributed by atoms with Crippen LogP contribution in [0.5, 0.6) is 0 Å². The summed E-state index contributed by atoms with van der Waals surface area (Å²) >= 11 is 12.3. The third kappa shape index (κ3) is 3.08. The highest BCUT2D eigenvalue weighted by Crippen LogP contribution is 2.33. The molecule has 104 valence electrons.